The molecule has 0 saturated carbocycles. The van der Waals surface area contributed by atoms with E-state index in [1.165, 1.54) is 0 Å². The zero-order valence-corrected chi connectivity index (χ0v) is 13.2. The molecule has 0 bridgehead atoms. The normalized spacial score (nSPS) is 10.9. The van der Waals surface area contributed by atoms with Crippen molar-refractivity contribution in [2.45, 2.75) is 32.9 Å². The summed E-state index contributed by atoms with van der Waals surface area (Å²) < 4.78 is 5.43. The number of hydrogen-bond acceptors (Lipinski definition) is 4. The molecule has 1 aromatic rings. The first-order valence-electron chi connectivity index (χ1n) is 7.35. The predicted molar refractivity (Wildman–Crippen MR) is 83.6 cm³/mol. The van der Waals surface area contributed by atoms with Crippen LogP contribution in [0.3, 0.4) is 0 Å². The monoisotopic (exact) mass is 294 g/mol. The molecule has 5 nitrogen and oxygen atoms in total. The number of nitrogens with zero attached hydrogens (tertiary/aromatic N) is 1. The molecule has 0 aliphatic heterocycles. The minimum Gasteiger partial charge on any atom is -0.496 e. The Morgan fingerprint density at radius 3 is 2.71 bits per heavy atom. The second-order valence-electron chi connectivity index (χ2n) is 5.10. The SMILES string of the molecule is CCCN(CCC(=O)O)Cc1ccc(CNC)c(OC)c1. The molecule has 2 N–H and O–H groups in total. The van der Waals surface area contributed by atoms with Crippen LogP contribution in [-0.4, -0.2) is 43.2 Å². The van der Waals surface area contributed by atoms with Gasteiger partial charge in [0.1, 0.15) is 5.75 Å². The zero-order chi connectivity index (χ0) is 15.7. The highest BCUT2D eigenvalue weighted by atomic mass is 16.5. The van der Waals surface area contributed by atoms with Gasteiger partial charge in [-0.25, -0.2) is 0 Å². The van der Waals surface area contributed by atoms with E-state index in [1.807, 2.05) is 13.1 Å². The van der Waals surface area contributed by atoms with Gasteiger partial charge < -0.3 is 15.2 Å². The lowest BCUT2D eigenvalue weighted by molar-refractivity contribution is -0.137. The van der Waals surface area contributed by atoms with E-state index in [1.54, 1.807) is 7.11 Å². The minimum atomic E-state index is -0.752. The van der Waals surface area contributed by atoms with E-state index in [9.17, 15) is 4.79 Å². The number of rotatable bonds is 10. The van der Waals surface area contributed by atoms with Gasteiger partial charge >= 0.3 is 5.97 Å². The number of benzene rings is 1. The summed E-state index contributed by atoms with van der Waals surface area (Å²) in [5.74, 6) is 0.120. The van der Waals surface area contributed by atoms with Crippen molar-refractivity contribution in [2.75, 3.05) is 27.2 Å². The Morgan fingerprint density at radius 2 is 2.14 bits per heavy atom. The lowest BCUT2D eigenvalue weighted by atomic mass is 10.1. The summed E-state index contributed by atoms with van der Waals surface area (Å²) in [5.41, 5.74) is 2.27. The number of carbonyl (C=O) groups is 1. The molecule has 0 radical (unpaired) electrons. The first-order valence-corrected chi connectivity index (χ1v) is 7.35. The van der Waals surface area contributed by atoms with E-state index in [0.29, 0.717) is 6.54 Å². The van der Waals surface area contributed by atoms with Crippen LogP contribution in [0.4, 0.5) is 0 Å². The van der Waals surface area contributed by atoms with Crippen molar-refractivity contribution in [2.24, 2.45) is 0 Å². The van der Waals surface area contributed by atoms with Gasteiger partial charge in [0, 0.05) is 25.2 Å². The molecule has 0 aromatic heterocycles. The van der Waals surface area contributed by atoms with E-state index in [-0.39, 0.29) is 6.42 Å². The fraction of sp³-hybridized carbons (Fsp3) is 0.562. The maximum atomic E-state index is 10.7. The second-order valence-corrected chi connectivity index (χ2v) is 5.10. The third kappa shape index (κ3) is 6.14. The summed E-state index contributed by atoms with van der Waals surface area (Å²) in [5, 5.41) is 11.9. The van der Waals surface area contributed by atoms with Gasteiger partial charge in [0.25, 0.3) is 0 Å². The van der Waals surface area contributed by atoms with Crippen LogP contribution in [-0.2, 0) is 17.9 Å². The number of nitrogens with one attached hydrogen (secondary N) is 1. The zero-order valence-electron chi connectivity index (χ0n) is 13.2. The summed E-state index contributed by atoms with van der Waals surface area (Å²) in [7, 11) is 3.58. The number of carboxylic acid groups (broad SMARTS) is 1. The standard InChI is InChI=1S/C16H26N2O3/c1-4-8-18(9-7-16(19)20)12-13-5-6-14(11-17-2)15(10-13)21-3/h5-6,10,17H,4,7-9,11-12H2,1-3H3,(H,19,20). The molecule has 21 heavy (non-hydrogen) atoms. The van der Waals surface area contributed by atoms with Crippen molar-refractivity contribution < 1.29 is 14.6 Å². The Labute approximate surface area is 126 Å². The average molecular weight is 294 g/mol. The molecule has 5 heteroatoms. The van der Waals surface area contributed by atoms with Crippen LogP contribution in [0.5, 0.6) is 5.75 Å². The molecule has 1 aromatic carbocycles. The van der Waals surface area contributed by atoms with Gasteiger partial charge in [0.15, 0.2) is 0 Å². The highest BCUT2D eigenvalue weighted by Crippen LogP contribution is 2.21. The Bertz CT molecular complexity index is 449. The molecule has 0 saturated heterocycles. The van der Waals surface area contributed by atoms with Gasteiger partial charge in [-0.05, 0) is 31.6 Å². The van der Waals surface area contributed by atoms with Crippen LogP contribution in [0.15, 0.2) is 18.2 Å². The van der Waals surface area contributed by atoms with E-state index < -0.39 is 5.97 Å². The van der Waals surface area contributed by atoms with Gasteiger partial charge in [-0.3, -0.25) is 9.69 Å². The van der Waals surface area contributed by atoms with Crippen LogP contribution in [0, 0.1) is 0 Å². The molecule has 0 aliphatic rings. The summed E-state index contributed by atoms with van der Waals surface area (Å²) >= 11 is 0. The molecule has 1 rings (SSSR count). The Hall–Kier alpha value is -1.59. The highest BCUT2D eigenvalue weighted by molar-refractivity contribution is 5.66. The largest absolute Gasteiger partial charge is 0.496 e. The Balaban J connectivity index is 2.75. The topological polar surface area (TPSA) is 61.8 Å². The first-order chi connectivity index (χ1) is 10.1. The van der Waals surface area contributed by atoms with Crippen molar-refractivity contribution in [3.8, 4) is 5.75 Å². The lowest BCUT2D eigenvalue weighted by Gasteiger charge is -2.21. The minimum absolute atomic E-state index is 0.176. The maximum absolute atomic E-state index is 10.7. The fourth-order valence-electron chi connectivity index (χ4n) is 2.32. The van der Waals surface area contributed by atoms with Crippen LogP contribution in [0.1, 0.15) is 30.9 Å². The van der Waals surface area contributed by atoms with Gasteiger partial charge in [0.05, 0.1) is 13.5 Å². The Morgan fingerprint density at radius 1 is 1.38 bits per heavy atom. The lowest BCUT2D eigenvalue weighted by Crippen LogP contribution is -2.26. The molecular formula is C16H26N2O3. The van der Waals surface area contributed by atoms with Crippen molar-refractivity contribution in [1.82, 2.24) is 10.2 Å². The molecule has 0 amide bonds. The van der Waals surface area contributed by atoms with Crippen LogP contribution < -0.4 is 10.1 Å². The second kappa shape index (κ2) is 9.37. The molecule has 0 unspecified atom stereocenters. The third-order valence-electron chi connectivity index (χ3n) is 3.31. The molecular weight excluding hydrogens is 268 g/mol. The molecule has 0 atom stereocenters. The van der Waals surface area contributed by atoms with Crippen molar-refractivity contribution in [3.05, 3.63) is 29.3 Å². The number of aliphatic carboxylic acids is 1. The number of ether oxygens (including phenoxy) is 1. The first kappa shape index (κ1) is 17.5. The molecule has 118 valence electrons. The quantitative estimate of drug-likeness (QED) is 0.692. The van der Waals surface area contributed by atoms with Gasteiger partial charge in [0.2, 0.25) is 0 Å². The molecule has 0 spiro atoms. The molecule has 0 fully saturated rings. The van der Waals surface area contributed by atoms with Crippen LogP contribution in [0.25, 0.3) is 0 Å². The van der Waals surface area contributed by atoms with E-state index in [2.05, 4.69) is 29.3 Å². The van der Waals surface area contributed by atoms with Crippen LogP contribution >= 0.6 is 0 Å². The van der Waals surface area contributed by atoms with Crippen molar-refractivity contribution >= 4 is 5.97 Å². The summed E-state index contributed by atoms with van der Waals surface area (Å²) in [6, 6.07) is 6.18. The number of methoxy groups -OCH3 is 1. The van der Waals surface area contributed by atoms with E-state index >= 15 is 0 Å². The predicted octanol–water partition coefficient (Wildman–Crippen LogP) is 2.10. The molecule has 0 heterocycles. The van der Waals surface area contributed by atoms with Gasteiger partial charge in [-0.1, -0.05) is 19.1 Å². The average Bonchev–Trinajstić information content (AvgIpc) is 2.46. The van der Waals surface area contributed by atoms with Crippen LogP contribution in [0.2, 0.25) is 0 Å². The molecule has 0 aliphatic carbocycles. The van der Waals surface area contributed by atoms with Gasteiger partial charge in [-0.2, -0.15) is 0 Å². The van der Waals surface area contributed by atoms with E-state index in [4.69, 9.17) is 9.84 Å². The maximum Gasteiger partial charge on any atom is 0.304 e. The van der Waals surface area contributed by atoms with Crippen molar-refractivity contribution in [3.63, 3.8) is 0 Å². The third-order valence-corrected chi connectivity index (χ3v) is 3.31. The summed E-state index contributed by atoms with van der Waals surface area (Å²) in [6.45, 7) is 5.08. The summed E-state index contributed by atoms with van der Waals surface area (Å²) in [4.78, 5) is 12.9. The summed E-state index contributed by atoms with van der Waals surface area (Å²) in [6.07, 6.45) is 1.18. The highest BCUT2D eigenvalue weighted by Gasteiger charge is 2.10. The fourth-order valence-corrected chi connectivity index (χ4v) is 2.32. The smallest absolute Gasteiger partial charge is 0.304 e. The number of hydrogen-bond donors (Lipinski definition) is 2. The van der Waals surface area contributed by atoms with E-state index in [0.717, 1.165) is 42.9 Å². The van der Waals surface area contributed by atoms with Crippen molar-refractivity contribution in [1.29, 1.82) is 0 Å². The van der Waals surface area contributed by atoms with Gasteiger partial charge in [-0.15, -0.1) is 0 Å². The Kier molecular flexibility index (Phi) is 7.79. The number of carboxylic acids is 1.